The van der Waals surface area contributed by atoms with Crippen molar-refractivity contribution in [2.75, 3.05) is 0 Å². The summed E-state index contributed by atoms with van der Waals surface area (Å²) in [4.78, 5) is 0. The predicted molar refractivity (Wildman–Crippen MR) is 17.9 cm³/mol. The van der Waals surface area contributed by atoms with Crippen LogP contribution in [0.2, 0.25) is 0 Å². The van der Waals surface area contributed by atoms with Crippen molar-refractivity contribution in [3.05, 3.63) is 0 Å². The van der Waals surface area contributed by atoms with Crippen molar-refractivity contribution in [1.82, 2.24) is 0 Å². The molecule has 1 radical (unpaired) electrons. The van der Waals surface area contributed by atoms with Gasteiger partial charge in [0, 0.05) is 0 Å². The number of rotatable bonds is 0. The molecule has 0 bridgehead atoms. The normalized spacial score (nSPS) is 3.50. The average Bonchev–Trinajstić information content (AvgIpc) is 0.918. The fourth-order valence-corrected chi connectivity index (χ4v) is 0. The van der Waals surface area contributed by atoms with Gasteiger partial charge in [0.05, 0.1) is 8.41 Å². The first-order chi connectivity index (χ1) is 1.41. The fraction of sp³-hybridized carbons (Fsp3) is 0. The minimum absolute atomic E-state index is 0. The third-order valence-electron chi connectivity index (χ3n) is 0. The van der Waals surface area contributed by atoms with E-state index in [1.54, 1.807) is 0 Å². The summed E-state index contributed by atoms with van der Waals surface area (Å²) in [6, 6.07) is 0. The Balaban J connectivity index is 0. The topological polar surface area (TPSA) is 0 Å². The monoisotopic (exact) mass is 63.0 g/mol. The van der Waals surface area contributed by atoms with Crippen LogP contribution in [0.1, 0.15) is 0 Å². The zero-order valence-corrected chi connectivity index (χ0v) is 1.33. The molecular weight excluding hydrogens is 59.6 g/mol. The Bertz CT molecular complexity index is 4.00. The third-order valence-corrected chi connectivity index (χ3v) is 0. The third kappa shape index (κ3) is 19000. The van der Waals surface area contributed by atoms with Crippen molar-refractivity contribution in [3.8, 4) is 0 Å². The minimum atomic E-state index is -1.00. The van der Waals surface area contributed by atoms with Crippen molar-refractivity contribution >= 4 is 16.2 Å². The van der Waals surface area contributed by atoms with Crippen LogP contribution in [-0.4, -0.2) is 16.2 Å². The molecule has 0 unspecified atom stereocenters. The Morgan fingerprint density at radius 3 is 1.25 bits per heavy atom. The molecule has 0 amide bonds. The molecule has 0 aromatic carbocycles. The van der Waals surface area contributed by atoms with Crippen LogP contribution in [0, 0.1) is 0 Å². The lowest BCUT2D eigenvalue weighted by molar-refractivity contribution is 0.712. The second-order valence-electron chi connectivity index (χ2n) is 0.0825. The molecule has 23 valence electrons. The highest BCUT2D eigenvalue weighted by Crippen LogP contribution is 1.49. The summed E-state index contributed by atoms with van der Waals surface area (Å²) in [6.07, 6.45) is 0. The van der Waals surface area contributed by atoms with Gasteiger partial charge in [-0.3, -0.25) is 8.63 Å². The molecule has 0 aliphatic rings. The molecule has 0 rings (SSSR count). The van der Waals surface area contributed by atoms with Gasteiger partial charge < -0.3 is 0 Å². The van der Waals surface area contributed by atoms with E-state index in [9.17, 15) is 8.63 Å². The lowest BCUT2D eigenvalue weighted by Crippen LogP contribution is -1.45. The van der Waals surface area contributed by atoms with Gasteiger partial charge in [-0.05, 0) is 0 Å². The maximum atomic E-state index is 9.50. The Labute approximate surface area is 26.1 Å². The minimum Gasteiger partial charge on any atom is -0.289 e. The molecule has 0 fully saturated rings. The van der Waals surface area contributed by atoms with E-state index in [4.69, 9.17) is 0 Å². The summed E-state index contributed by atoms with van der Waals surface area (Å²) in [5, 5.41) is 0. The van der Waals surface area contributed by atoms with E-state index in [0.717, 1.165) is 0 Å². The Morgan fingerprint density at radius 2 is 1.25 bits per heavy atom. The standard InChI is InChI=1S/BF2.BH3/c2-1-3;/h;1H3. The molecule has 4 heteroatoms. The lowest BCUT2D eigenvalue weighted by atomic mass is 10.6. The zero-order chi connectivity index (χ0) is 2.71. The second-order valence-corrected chi connectivity index (χ2v) is 0.0825. The summed E-state index contributed by atoms with van der Waals surface area (Å²) >= 11 is 0. The van der Waals surface area contributed by atoms with Gasteiger partial charge in [-0.15, -0.1) is 0 Å². The summed E-state index contributed by atoms with van der Waals surface area (Å²) in [5.41, 5.74) is 0. The van der Waals surface area contributed by atoms with Crippen LogP contribution in [-0.2, 0) is 0 Å². The predicted octanol–water partition coefficient (Wildman–Crippen LogP) is -0.724. The van der Waals surface area contributed by atoms with Gasteiger partial charge in [-0.1, -0.05) is 0 Å². The van der Waals surface area contributed by atoms with Crippen LogP contribution in [0.3, 0.4) is 0 Å². The van der Waals surface area contributed by atoms with Gasteiger partial charge in [-0.25, -0.2) is 0 Å². The molecule has 0 aliphatic carbocycles. The first-order valence-electron chi connectivity index (χ1n) is 0.436. The van der Waals surface area contributed by atoms with Gasteiger partial charge in [0.2, 0.25) is 0 Å². The molecule has 4 heavy (non-hydrogen) atoms. The van der Waals surface area contributed by atoms with Crippen LogP contribution in [0.25, 0.3) is 0 Å². The van der Waals surface area contributed by atoms with Crippen LogP contribution in [0.4, 0.5) is 8.63 Å². The molecule has 0 spiro atoms. The molecule has 0 aliphatic heterocycles. The first kappa shape index (κ1) is 9.01. The molecular formula is H3B2F2. The smallest absolute Gasteiger partial charge is 0.289 e. The summed E-state index contributed by atoms with van der Waals surface area (Å²) in [7, 11) is -1.00. The lowest BCUT2D eigenvalue weighted by Gasteiger charge is -1.33. The SMILES string of the molecule is B.F[B]F. The van der Waals surface area contributed by atoms with Crippen molar-refractivity contribution in [2.45, 2.75) is 0 Å². The van der Waals surface area contributed by atoms with Gasteiger partial charge in [0.1, 0.15) is 0 Å². The van der Waals surface area contributed by atoms with Crippen molar-refractivity contribution in [3.63, 3.8) is 0 Å². The molecule has 0 aromatic rings. The van der Waals surface area contributed by atoms with E-state index in [-0.39, 0.29) is 8.41 Å². The molecule has 0 aromatic heterocycles. The summed E-state index contributed by atoms with van der Waals surface area (Å²) in [5.74, 6) is 0. The van der Waals surface area contributed by atoms with E-state index in [1.165, 1.54) is 0 Å². The molecule has 0 nitrogen and oxygen atoms in total. The van der Waals surface area contributed by atoms with Gasteiger partial charge in [0.25, 0.3) is 0 Å². The highest BCUT2D eigenvalue weighted by atomic mass is 19.2. The Hall–Kier alpha value is -0.0101. The van der Waals surface area contributed by atoms with E-state index in [0.29, 0.717) is 0 Å². The fourth-order valence-electron chi connectivity index (χ4n) is 0. The highest BCUT2D eigenvalue weighted by Gasteiger charge is 1.62. The van der Waals surface area contributed by atoms with Crippen LogP contribution >= 0.6 is 0 Å². The molecule has 0 saturated heterocycles. The van der Waals surface area contributed by atoms with Crippen LogP contribution < -0.4 is 0 Å². The largest absolute Gasteiger partial charge is 0.577 e. The van der Waals surface area contributed by atoms with Gasteiger partial charge in [-0.2, -0.15) is 0 Å². The summed E-state index contributed by atoms with van der Waals surface area (Å²) < 4.78 is 19.0. The highest BCUT2D eigenvalue weighted by molar-refractivity contribution is 6.15. The van der Waals surface area contributed by atoms with Crippen LogP contribution in [0.5, 0.6) is 0 Å². The van der Waals surface area contributed by atoms with E-state index < -0.39 is 7.83 Å². The van der Waals surface area contributed by atoms with Crippen molar-refractivity contribution in [1.29, 1.82) is 0 Å². The zero-order valence-electron chi connectivity index (χ0n) is 1.33. The summed E-state index contributed by atoms with van der Waals surface area (Å²) in [6.45, 7) is 0. The molecule has 0 N–H and O–H groups in total. The first-order valence-corrected chi connectivity index (χ1v) is 0.436. The van der Waals surface area contributed by atoms with Gasteiger partial charge in [0.15, 0.2) is 0 Å². The van der Waals surface area contributed by atoms with E-state index in [2.05, 4.69) is 0 Å². The Morgan fingerprint density at radius 1 is 1.25 bits per heavy atom. The maximum Gasteiger partial charge on any atom is 0.577 e. The average molecular weight is 62.6 g/mol. The molecule has 0 atom stereocenters. The van der Waals surface area contributed by atoms with E-state index in [1.807, 2.05) is 0 Å². The Kier molecular flexibility index (Phi) is 27.2. The number of hydrogen-bond donors (Lipinski definition) is 0. The van der Waals surface area contributed by atoms with Crippen molar-refractivity contribution in [2.24, 2.45) is 0 Å². The molecule has 0 heterocycles. The quantitative estimate of drug-likeness (QED) is 0.325. The van der Waals surface area contributed by atoms with Crippen molar-refractivity contribution < 1.29 is 8.63 Å². The molecule has 0 saturated carbocycles. The van der Waals surface area contributed by atoms with Gasteiger partial charge >= 0.3 is 7.83 Å². The van der Waals surface area contributed by atoms with E-state index >= 15 is 0 Å². The number of halogens is 2. The van der Waals surface area contributed by atoms with Crippen LogP contribution in [0.15, 0.2) is 0 Å². The maximum absolute atomic E-state index is 9.50. The second kappa shape index (κ2) is 12.1. The number of hydrogen-bond acceptors (Lipinski definition) is 0.